The van der Waals surface area contributed by atoms with E-state index in [1.54, 1.807) is 6.07 Å². The highest BCUT2D eigenvalue weighted by molar-refractivity contribution is 6.13. The maximum Gasteiger partial charge on any atom is 0.271 e. The van der Waals surface area contributed by atoms with Crippen molar-refractivity contribution in [2.75, 3.05) is 6.54 Å². The Labute approximate surface area is 176 Å². The van der Waals surface area contributed by atoms with Crippen molar-refractivity contribution in [2.24, 2.45) is 5.10 Å². The molecule has 1 heterocycles. The molecule has 1 aliphatic rings. The minimum Gasteiger partial charge on any atom is -0.338 e. The Balaban J connectivity index is 1.54. The summed E-state index contributed by atoms with van der Waals surface area (Å²) in [5.41, 5.74) is 6.69. The van der Waals surface area contributed by atoms with Crippen LogP contribution in [0.4, 0.5) is 0 Å². The quantitative estimate of drug-likeness (QED) is 0.505. The zero-order chi connectivity index (χ0) is 20.8. The standard InChI is InChI=1S/C25H23N3O2/c29-23-15-8-16-28(23)18-19-9-7-14-22(17-19)25(30)27-26-24(20-10-3-1-4-11-20)21-12-5-2-6-13-21/h1-7,9-14,17H,8,15-16,18H2,(H,27,30). The molecule has 0 aliphatic carbocycles. The topological polar surface area (TPSA) is 61.8 Å². The van der Waals surface area contributed by atoms with E-state index in [1.807, 2.05) is 83.8 Å². The fourth-order valence-corrected chi connectivity index (χ4v) is 3.56. The van der Waals surface area contributed by atoms with Crippen molar-refractivity contribution >= 4 is 17.5 Å². The summed E-state index contributed by atoms with van der Waals surface area (Å²) in [6.07, 6.45) is 1.51. The Morgan fingerprint density at radius 1 is 0.867 bits per heavy atom. The first kappa shape index (κ1) is 19.6. The van der Waals surface area contributed by atoms with Gasteiger partial charge in [-0.05, 0) is 24.1 Å². The molecule has 1 fully saturated rings. The monoisotopic (exact) mass is 397 g/mol. The molecule has 0 saturated carbocycles. The lowest BCUT2D eigenvalue weighted by Crippen LogP contribution is -2.24. The maximum absolute atomic E-state index is 12.8. The number of rotatable bonds is 6. The third kappa shape index (κ3) is 4.63. The first-order valence-electron chi connectivity index (χ1n) is 10.1. The first-order valence-corrected chi connectivity index (χ1v) is 10.1. The summed E-state index contributed by atoms with van der Waals surface area (Å²) in [6, 6.07) is 26.9. The van der Waals surface area contributed by atoms with E-state index in [4.69, 9.17) is 0 Å². The van der Waals surface area contributed by atoms with Gasteiger partial charge in [0.15, 0.2) is 0 Å². The van der Waals surface area contributed by atoms with Gasteiger partial charge in [-0.2, -0.15) is 5.10 Å². The molecular weight excluding hydrogens is 374 g/mol. The molecule has 1 saturated heterocycles. The van der Waals surface area contributed by atoms with Gasteiger partial charge in [0.2, 0.25) is 5.91 Å². The van der Waals surface area contributed by atoms with Gasteiger partial charge >= 0.3 is 0 Å². The zero-order valence-corrected chi connectivity index (χ0v) is 16.6. The van der Waals surface area contributed by atoms with Gasteiger partial charge in [-0.15, -0.1) is 0 Å². The van der Waals surface area contributed by atoms with Crippen LogP contribution in [0.5, 0.6) is 0 Å². The van der Waals surface area contributed by atoms with Gasteiger partial charge in [0, 0.05) is 36.2 Å². The highest BCUT2D eigenvalue weighted by Gasteiger charge is 2.20. The number of carbonyl (C=O) groups excluding carboxylic acids is 2. The van der Waals surface area contributed by atoms with E-state index in [1.165, 1.54) is 0 Å². The lowest BCUT2D eigenvalue weighted by atomic mass is 10.0. The van der Waals surface area contributed by atoms with Crippen LogP contribution in [0.2, 0.25) is 0 Å². The number of nitrogens with one attached hydrogen (secondary N) is 1. The summed E-state index contributed by atoms with van der Waals surface area (Å²) in [6.45, 7) is 1.31. The SMILES string of the molecule is O=C(NN=C(c1ccccc1)c1ccccc1)c1cccc(CN2CCCC2=O)c1. The summed E-state index contributed by atoms with van der Waals surface area (Å²) in [4.78, 5) is 26.5. The summed E-state index contributed by atoms with van der Waals surface area (Å²) >= 11 is 0. The van der Waals surface area contributed by atoms with E-state index in [2.05, 4.69) is 10.5 Å². The molecule has 0 radical (unpaired) electrons. The molecule has 0 unspecified atom stereocenters. The van der Waals surface area contributed by atoms with Gasteiger partial charge in [-0.3, -0.25) is 9.59 Å². The number of hydrogen-bond donors (Lipinski definition) is 1. The number of likely N-dealkylation sites (tertiary alicyclic amines) is 1. The van der Waals surface area contributed by atoms with E-state index >= 15 is 0 Å². The van der Waals surface area contributed by atoms with Crippen LogP contribution in [0.3, 0.4) is 0 Å². The summed E-state index contributed by atoms with van der Waals surface area (Å²) in [5.74, 6) is -0.112. The minimum atomic E-state index is -0.283. The van der Waals surface area contributed by atoms with Crippen LogP contribution in [0.15, 0.2) is 90.0 Å². The van der Waals surface area contributed by atoms with Crippen molar-refractivity contribution in [1.82, 2.24) is 10.3 Å². The van der Waals surface area contributed by atoms with Crippen molar-refractivity contribution in [3.05, 3.63) is 107 Å². The van der Waals surface area contributed by atoms with Crippen molar-refractivity contribution in [2.45, 2.75) is 19.4 Å². The van der Waals surface area contributed by atoms with Gasteiger partial charge in [0.25, 0.3) is 5.91 Å². The average Bonchev–Trinajstić information content (AvgIpc) is 3.20. The molecule has 0 atom stereocenters. The summed E-state index contributed by atoms with van der Waals surface area (Å²) < 4.78 is 0. The third-order valence-electron chi connectivity index (χ3n) is 5.10. The number of hydrogen-bond acceptors (Lipinski definition) is 3. The number of carbonyl (C=O) groups is 2. The highest BCUT2D eigenvalue weighted by Crippen LogP contribution is 2.15. The molecule has 2 amide bonds. The fourth-order valence-electron chi connectivity index (χ4n) is 3.56. The van der Waals surface area contributed by atoms with Crippen molar-refractivity contribution < 1.29 is 9.59 Å². The third-order valence-corrected chi connectivity index (χ3v) is 5.10. The molecule has 0 spiro atoms. The Bertz CT molecular complexity index is 1020. The number of nitrogens with zero attached hydrogens (tertiary/aromatic N) is 2. The van der Waals surface area contributed by atoms with Gasteiger partial charge in [-0.1, -0.05) is 72.8 Å². The largest absolute Gasteiger partial charge is 0.338 e. The van der Waals surface area contributed by atoms with Crippen LogP contribution >= 0.6 is 0 Å². The molecule has 3 aromatic rings. The maximum atomic E-state index is 12.8. The predicted molar refractivity (Wildman–Crippen MR) is 117 cm³/mol. The van der Waals surface area contributed by atoms with Crippen LogP contribution in [0.25, 0.3) is 0 Å². The second-order valence-electron chi connectivity index (χ2n) is 7.25. The van der Waals surface area contributed by atoms with Crippen LogP contribution in [-0.2, 0) is 11.3 Å². The Kier molecular flexibility index (Phi) is 5.99. The molecule has 30 heavy (non-hydrogen) atoms. The highest BCUT2D eigenvalue weighted by atomic mass is 16.2. The molecule has 5 heteroatoms. The Hall–Kier alpha value is -3.73. The summed E-state index contributed by atoms with van der Waals surface area (Å²) in [7, 11) is 0. The normalized spacial score (nSPS) is 13.2. The molecular formula is C25H23N3O2. The van der Waals surface area contributed by atoms with Crippen molar-refractivity contribution in [1.29, 1.82) is 0 Å². The summed E-state index contributed by atoms with van der Waals surface area (Å²) in [5, 5.41) is 4.44. The van der Waals surface area contributed by atoms with E-state index < -0.39 is 0 Å². The number of hydrazone groups is 1. The second kappa shape index (κ2) is 9.18. The average molecular weight is 397 g/mol. The fraction of sp³-hybridized carbons (Fsp3) is 0.160. The molecule has 1 aliphatic heterocycles. The smallest absolute Gasteiger partial charge is 0.271 e. The number of benzene rings is 3. The second-order valence-corrected chi connectivity index (χ2v) is 7.25. The number of amides is 2. The van der Waals surface area contributed by atoms with Crippen LogP contribution < -0.4 is 5.43 Å². The van der Waals surface area contributed by atoms with E-state index in [9.17, 15) is 9.59 Å². The van der Waals surface area contributed by atoms with Gasteiger partial charge in [-0.25, -0.2) is 5.43 Å². The molecule has 150 valence electrons. The van der Waals surface area contributed by atoms with Crippen LogP contribution in [0.1, 0.15) is 39.9 Å². The molecule has 4 rings (SSSR count). The lowest BCUT2D eigenvalue weighted by molar-refractivity contribution is -0.128. The van der Waals surface area contributed by atoms with Crippen LogP contribution in [-0.4, -0.2) is 29.0 Å². The molecule has 0 bridgehead atoms. The van der Waals surface area contributed by atoms with E-state index in [0.717, 1.165) is 29.7 Å². The zero-order valence-electron chi connectivity index (χ0n) is 16.6. The molecule has 0 aromatic heterocycles. The van der Waals surface area contributed by atoms with Crippen molar-refractivity contribution in [3.8, 4) is 0 Å². The Morgan fingerprint density at radius 3 is 2.10 bits per heavy atom. The first-order chi connectivity index (χ1) is 14.7. The van der Waals surface area contributed by atoms with Gasteiger partial charge < -0.3 is 4.90 Å². The molecule has 5 nitrogen and oxygen atoms in total. The van der Waals surface area contributed by atoms with Crippen LogP contribution in [0, 0.1) is 0 Å². The molecule has 3 aromatic carbocycles. The molecule has 1 N–H and O–H groups in total. The van der Waals surface area contributed by atoms with E-state index in [-0.39, 0.29) is 11.8 Å². The van der Waals surface area contributed by atoms with E-state index in [0.29, 0.717) is 24.2 Å². The Morgan fingerprint density at radius 2 is 1.50 bits per heavy atom. The lowest BCUT2D eigenvalue weighted by Gasteiger charge is -2.15. The van der Waals surface area contributed by atoms with Gasteiger partial charge in [0.05, 0.1) is 5.71 Å². The predicted octanol–water partition coefficient (Wildman–Crippen LogP) is 3.99. The van der Waals surface area contributed by atoms with Gasteiger partial charge in [0.1, 0.15) is 0 Å². The van der Waals surface area contributed by atoms with Crippen molar-refractivity contribution in [3.63, 3.8) is 0 Å². The minimum absolute atomic E-state index is 0.171.